The van der Waals surface area contributed by atoms with Crippen molar-refractivity contribution in [3.05, 3.63) is 64.9 Å². The molecule has 1 N–H and O–H groups in total. The predicted octanol–water partition coefficient (Wildman–Crippen LogP) is 4.05. The van der Waals surface area contributed by atoms with E-state index in [1.54, 1.807) is 30.4 Å². The minimum Gasteiger partial charge on any atom is -0.346 e. The summed E-state index contributed by atoms with van der Waals surface area (Å²) in [5, 5.41) is 1.52. The number of carbonyl (C=O) groups excluding carboxylic acids is 1. The van der Waals surface area contributed by atoms with Crippen molar-refractivity contribution in [1.82, 2.24) is 14.9 Å². The van der Waals surface area contributed by atoms with E-state index in [4.69, 9.17) is 11.6 Å². The van der Waals surface area contributed by atoms with E-state index in [-0.39, 0.29) is 11.9 Å². The number of fused-ring (bicyclic) bond motifs is 1. The van der Waals surface area contributed by atoms with Gasteiger partial charge in [0.1, 0.15) is 5.65 Å². The maximum absolute atomic E-state index is 12.8. The lowest BCUT2D eigenvalue weighted by atomic mass is 10.1. The van der Waals surface area contributed by atoms with Gasteiger partial charge < -0.3 is 9.88 Å². The average molecular weight is 314 g/mol. The van der Waals surface area contributed by atoms with Crippen LogP contribution in [0.3, 0.4) is 0 Å². The quantitative estimate of drug-likeness (QED) is 0.793. The second-order valence-electron chi connectivity index (χ2n) is 5.24. The number of rotatable bonds is 3. The van der Waals surface area contributed by atoms with E-state index in [1.807, 2.05) is 37.3 Å². The summed E-state index contributed by atoms with van der Waals surface area (Å²) in [5.74, 6) is -0.0329. The fourth-order valence-electron chi connectivity index (χ4n) is 2.48. The van der Waals surface area contributed by atoms with Crippen LogP contribution in [-0.4, -0.2) is 27.8 Å². The highest BCUT2D eigenvalue weighted by molar-refractivity contribution is 6.30. The minimum atomic E-state index is -0.0491. The highest BCUT2D eigenvalue weighted by atomic mass is 35.5. The summed E-state index contributed by atoms with van der Waals surface area (Å²) in [6.45, 7) is 2.00. The average Bonchev–Trinajstić information content (AvgIpc) is 3.02. The SMILES string of the molecule is CC(c1ccc(Cl)cc1)N(C)C(=O)c1ccnc2[nH]ccc12. The molecule has 0 aliphatic carbocycles. The van der Waals surface area contributed by atoms with Crippen LogP contribution in [0.15, 0.2) is 48.8 Å². The first-order chi connectivity index (χ1) is 10.6. The zero-order valence-electron chi connectivity index (χ0n) is 12.4. The number of hydrogen-bond donors (Lipinski definition) is 1. The van der Waals surface area contributed by atoms with Gasteiger partial charge >= 0.3 is 0 Å². The topological polar surface area (TPSA) is 49.0 Å². The number of halogens is 1. The first-order valence-electron chi connectivity index (χ1n) is 7.02. The van der Waals surface area contributed by atoms with Crippen LogP contribution < -0.4 is 0 Å². The maximum Gasteiger partial charge on any atom is 0.254 e. The molecule has 22 heavy (non-hydrogen) atoms. The number of pyridine rings is 1. The van der Waals surface area contributed by atoms with Crippen molar-refractivity contribution in [2.75, 3.05) is 7.05 Å². The van der Waals surface area contributed by atoms with Gasteiger partial charge in [0, 0.05) is 29.9 Å². The van der Waals surface area contributed by atoms with E-state index in [9.17, 15) is 4.79 Å². The van der Waals surface area contributed by atoms with Gasteiger partial charge in [-0.25, -0.2) is 4.98 Å². The Hall–Kier alpha value is -2.33. The van der Waals surface area contributed by atoms with E-state index >= 15 is 0 Å². The molecular weight excluding hydrogens is 298 g/mol. The van der Waals surface area contributed by atoms with Crippen LogP contribution in [0.25, 0.3) is 11.0 Å². The Labute approximate surface area is 133 Å². The number of H-pyrrole nitrogens is 1. The molecule has 0 saturated heterocycles. The molecule has 4 nitrogen and oxygen atoms in total. The summed E-state index contributed by atoms with van der Waals surface area (Å²) in [6.07, 6.45) is 3.43. The van der Waals surface area contributed by atoms with Gasteiger partial charge in [0.15, 0.2) is 0 Å². The molecule has 2 aromatic heterocycles. The van der Waals surface area contributed by atoms with Crippen LogP contribution in [0.2, 0.25) is 5.02 Å². The lowest BCUT2D eigenvalue weighted by Gasteiger charge is -2.25. The molecule has 0 fully saturated rings. The van der Waals surface area contributed by atoms with Gasteiger partial charge in [0.2, 0.25) is 0 Å². The Bertz CT molecular complexity index is 810. The normalized spacial score (nSPS) is 12.3. The molecule has 2 heterocycles. The molecule has 0 bridgehead atoms. The van der Waals surface area contributed by atoms with Crippen molar-refractivity contribution in [3.8, 4) is 0 Å². The third-order valence-electron chi connectivity index (χ3n) is 3.94. The molecule has 1 atom stereocenters. The third-order valence-corrected chi connectivity index (χ3v) is 4.20. The summed E-state index contributed by atoms with van der Waals surface area (Å²) < 4.78 is 0. The van der Waals surface area contributed by atoms with E-state index in [0.717, 1.165) is 16.6 Å². The number of aromatic amines is 1. The molecule has 0 aliphatic heterocycles. The molecule has 1 aromatic carbocycles. The largest absolute Gasteiger partial charge is 0.346 e. The van der Waals surface area contributed by atoms with Crippen molar-refractivity contribution in [2.24, 2.45) is 0 Å². The van der Waals surface area contributed by atoms with E-state index in [1.165, 1.54) is 0 Å². The van der Waals surface area contributed by atoms with E-state index in [2.05, 4.69) is 9.97 Å². The Balaban J connectivity index is 1.91. The highest BCUT2D eigenvalue weighted by Crippen LogP contribution is 2.24. The van der Waals surface area contributed by atoms with Crippen molar-refractivity contribution in [3.63, 3.8) is 0 Å². The Kier molecular flexibility index (Phi) is 3.86. The Morgan fingerprint density at radius 1 is 1.23 bits per heavy atom. The minimum absolute atomic E-state index is 0.0329. The monoisotopic (exact) mass is 313 g/mol. The van der Waals surface area contributed by atoms with Crippen LogP contribution in [-0.2, 0) is 0 Å². The zero-order valence-corrected chi connectivity index (χ0v) is 13.1. The Morgan fingerprint density at radius 2 is 1.95 bits per heavy atom. The van der Waals surface area contributed by atoms with Crippen LogP contribution in [0.4, 0.5) is 0 Å². The number of carbonyl (C=O) groups is 1. The number of nitrogens with one attached hydrogen (secondary N) is 1. The lowest BCUT2D eigenvalue weighted by molar-refractivity contribution is 0.0744. The van der Waals surface area contributed by atoms with E-state index < -0.39 is 0 Å². The standard InChI is InChI=1S/C17H16ClN3O/c1-11(12-3-5-13(18)6-4-12)21(2)17(22)15-8-10-20-16-14(15)7-9-19-16/h3-11H,1-2H3,(H,19,20). The van der Waals surface area contributed by atoms with Crippen molar-refractivity contribution in [2.45, 2.75) is 13.0 Å². The molecule has 3 rings (SSSR count). The van der Waals surface area contributed by atoms with Gasteiger partial charge in [-0.15, -0.1) is 0 Å². The number of benzene rings is 1. The zero-order chi connectivity index (χ0) is 15.7. The van der Waals surface area contributed by atoms with Gasteiger partial charge in [-0.05, 0) is 36.8 Å². The molecule has 3 aromatic rings. The first kappa shape index (κ1) is 14.6. The lowest BCUT2D eigenvalue weighted by Crippen LogP contribution is -2.29. The second kappa shape index (κ2) is 5.81. The van der Waals surface area contributed by atoms with Crippen LogP contribution in [0.5, 0.6) is 0 Å². The fourth-order valence-corrected chi connectivity index (χ4v) is 2.60. The summed E-state index contributed by atoms with van der Waals surface area (Å²) in [7, 11) is 1.81. The number of amides is 1. The highest BCUT2D eigenvalue weighted by Gasteiger charge is 2.21. The van der Waals surface area contributed by atoms with Crippen molar-refractivity contribution < 1.29 is 4.79 Å². The molecule has 1 amide bonds. The molecular formula is C17H16ClN3O. The molecule has 0 saturated carbocycles. The van der Waals surface area contributed by atoms with Gasteiger partial charge in [0.05, 0.1) is 11.6 Å². The molecule has 0 spiro atoms. The predicted molar refractivity (Wildman–Crippen MR) is 88.1 cm³/mol. The van der Waals surface area contributed by atoms with Crippen LogP contribution >= 0.6 is 11.6 Å². The number of hydrogen-bond acceptors (Lipinski definition) is 2. The van der Waals surface area contributed by atoms with Gasteiger partial charge in [-0.3, -0.25) is 4.79 Å². The smallest absolute Gasteiger partial charge is 0.254 e. The van der Waals surface area contributed by atoms with Crippen LogP contribution in [0, 0.1) is 0 Å². The molecule has 5 heteroatoms. The Morgan fingerprint density at radius 3 is 2.68 bits per heavy atom. The summed E-state index contributed by atoms with van der Waals surface area (Å²) in [6, 6.07) is 11.1. The fraction of sp³-hybridized carbons (Fsp3) is 0.176. The second-order valence-corrected chi connectivity index (χ2v) is 5.68. The van der Waals surface area contributed by atoms with Gasteiger partial charge in [-0.1, -0.05) is 23.7 Å². The van der Waals surface area contributed by atoms with Crippen molar-refractivity contribution in [1.29, 1.82) is 0 Å². The molecule has 0 radical (unpaired) electrons. The molecule has 0 aliphatic rings. The summed E-state index contributed by atoms with van der Waals surface area (Å²) in [5.41, 5.74) is 2.41. The molecule has 112 valence electrons. The number of aromatic nitrogens is 2. The van der Waals surface area contributed by atoms with Gasteiger partial charge in [-0.2, -0.15) is 0 Å². The van der Waals surface area contributed by atoms with E-state index in [0.29, 0.717) is 10.6 Å². The first-order valence-corrected chi connectivity index (χ1v) is 7.40. The third kappa shape index (κ3) is 2.57. The summed E-state index contributed by atoms with van der Waals surface area (Å²) in [4.78, 5) is 21.8. The van der Waals surface area contributed by atoms with Crippen LogP contribution in [0.1, 0.15) is 28.9 Å². The number of nitrogens with zero attached hydrogens (tertiary/aromatic N) is 2. The van der Waals surface area contributed by atoms with Crippen molar-refractivity contribution >= 4 is 28.5 Å². The molecule has 1 unspecified atom stereocenters. The summed E-state index contributed by atoms with van der Waals surface area (Å²) >= 11 is 5.92. The maximum atomic E-state index is 12.8. The van der Waals surface area contributed by atoms with Gasteiger partial charge in [0.25, 0.3) is 5.91 Å².